The molecule has 0 aliphatic heterocycles. The zero-order chi connectivity index (χ0) is 16.3. The molecule has 0 aromatic heterocycles. The van der Waals surface area contributed by atoms with E-state index in [-0.39, 0.29) is 11.3 Å². The van der Waals surface area contributed by atoms with Crippen LogP contribution >= 0.6 is 38.5 Å². The molecule has 0 saturated carbocycles. The number of allylic oxidation sites excluding steroid dienone is 1. The topological polar surface area (TPSA) is 81.3 Å². The molecular formula is C16H9BrINO3. The first-order valence-electron chi connectivity index (χ1n) is 6.06. The summed E-state index contributed by atoms with van der Waals surface area (Å²) in [4.78, 5) is 10.8. The van der Waals surface area contributed by atoms with Crippen molar-refractivity contribution in [2.75, 3.05) is 0 Å². The number of hydrogen-bond donors (Lipinski definition) is 2. The van der Waals surface area contributed by atoms with Crippen molar-refractivity contribution in [3.05, 3.63) is 61.1 Å². The summed E-state index contributed by atoms with van der Waals surface area (Å²) in [5, 5.41) is 27.9. The summed E-state index contributed by atoms with van der Waals surface area (Å²) in [6.45, 7) is 0. The molecular weight excluding hydrogens is 461 g/mol. The van der Waals surface area contributed by atoms with Gasteiger partial charge in [-0.3, -0.25) is 0 Å². The van der Waals surface area contributed by atoms with Crippen molar-refractivity contribution in [2.45, 2.75) is 0 Å². The van der Waals surface area contributed by atoms with E-state index in [9.17, 15) is 15.2 Å². The number of benzene rings is 2. The average Bonchev–Trinajstić information content (AvgIpc) is 2.50. The van der Waals surface area contributed by atoms with Crippen LogP contribution < -0.4 is 0 Å². The largest absolute Gasteiger partial charge is 0.506 e. The number of aromatic carboxylic acids is 1. The molecule has 0 radical (unpaired) electrons. The molecule has 110 valence electrons. The lowest BCUT2D eigenvalue weighted by atomic mass is 10.0. The van der Waals surface area contributed by atoms with Crippen LogP contribution in [0.4, 0.5) is 0 Å². The van der Waals surface area contributed by atoms with Crippen LogP contribution in [-0.4, -0.2) is 16.2 Å². The Kier molecular flexibility index (Phi) is 5.21. The van der Waals surface area contributed by atoms with Gasteiger partial charge in [0.25, 0.3) is 0 Å². The maximum Gasteiger partial charge on any atom is 0.335 e. The molecule has 0 bridgehead atoms. The van der Waals surface area contributed by atoms with Gasteiger partial charge in [-0.1, -0.05) is 12.1 Å². The number of rotatable bonds is 3. The summed E-state index contributed by atoms with van der Waals surface area (Å²) >= 11 is 5.26. The summed E-state index contributed by atoms with van der Waals surface area (Å²) < 4.78 is 1.21. The number of phenols is 1. The Morgan fingerprint density at radius 3 is 2.32 bits per heavy atom. The molecule has 0 amide bonds. The molecule has 0 aliphatic rings. The van der Waals surface area contributed by atoms with E-state index < -0.39 is 5.97 Å². The van der Waals surface area contributed by atoms with E-state index in [1.165, 1.54) is 12.1 Å². The molecule has 0 atom stereocenters. The molecule has 2 aromatic carbocycles. The van der Waals surface area contributed by atoms with Crippen molar-refractivity contribution in [3.63, 3.8) is 0 Å². The number of aromatic hydroxyl groups is 1. The van der Waals surface area contributed by atoms with Crippen LogP contribution in [0.3, 0.4) is 0 Å². The standard InChI is InChI=1S/C16H9BrINO3/c17-13-6-9(7-14(18)15(13)20)5-12(8-19)10-1-3-11(4-2-10)16(21)22/h1-7,20H,(H,21,22)/b12-5-. The second kappa shape index (κ2) is 6.94. The smallest absolute Gasteiger partial charge is 0.335 e. The lowest BCUT2D eigenvalue weighted by Crippen LogP contribution is -1.95. The minimum absolute atomic E-state index is 0.155. The summed E-state index contributed by atoms with van der Waals surface area (Å²) in [5.41, 5.74) is 1.97. The van der Waals surface area contributed by atoms with Crippen molar-refractivity contribution >= 4 is 56.1 Å². The molecule has 22 heavy (non-hydrogen) atoms. The summed E-state index contributed by atoms with van der Waals surface area (Å²) in [5.74, 6) is -0.854. The molecule has 2 aromatic rings. The van der Waals surface area contributed by atoms with Crippen LogP contribution in [0.2, 0.25) is 0 Å². The maximum absolute atomic E-state index is 10.8. The molecule has 4 nitrogen and oxygen atoms in total. The zero-order valence-corrected chi connectivity index (χ0v) is 14.8. The van der Waals surface area contributed by atoms with Gasteiger partial charge in [-0.15, -0.1) is 0 Å². The van der Waals surface area contributed by atoms with Crippen molar-refractivity contribution < 1.29 is 15.0 Å². The second-order valence-electron chi connectivity index (χ2n) is 4.39. The fraction of sp³-hybridized carbons (Fsp3) is 0. The first kappa shape index (κ1) is 16.5. The minimum Gasteiger partial charge on any atom is -0.506 e. The van der Waals surface area contributed by atoms with Crippen LogP contribution in [0, 0.1) is 14.9 Å². The predicted molar refractivity (Wildman–Crippen MR) is 95.4 cm³/mol. The lowest BCUT2D eigenvalue weighted by molar-refractivity contribution is 0.0697. The summed E-state index contributed by atoms with van der Waals surface area (Å²) in [6, 6.07) is 11.7. The number of halogens is 2. The Hall–Kier alpha value is -1.85. The number of nitrogens with zero attached hydrogens (tertiary/aromatic N) is 1. The molecule has 2 N–H and O–H groups in total. The highest BCUT2D eigenvalue weighted by atomic mass is 127. The van der Waals surface area contributed by atoms with Gasteiger partial charge in [0.2, 0.25) is 0 Å². The third-order valence-corrected chi connectivity index (χ3v) is 4.34. The van der Waals surface area contributed by atoms with E-state index in [0.717, 1.165) is 5.56 Å². The fourth-order valence-corrected chi connectivity index (χ4v) is 3.31. The predicted octanol–water partition coefficient (Wildman–Crippen LogP) is 4.52. The number of carboxylic acid groups (broad SMARTS) is 1. The quantitative estimate of drug-likeness (QED) is 0.393. The van der Waals surface area contributed by atoms with Gasteiger partial charge in [-0.25, -0.2) is 4.79 Å². The summed E-state index contributed by atoms with van der Waals surface area (Å²) in [6.07, 6.45) is 1.68. The highest BCUT2D eigenvalue weighted by Crippen LogP contribution is 2.31. The molecule has 0 aliphatic carbocycles. The van der Waals surface area contributed by atoms with Gasteiger partial charge in [-0.2, -0.15) is 5.26 Å². The van der Waals surface area contributed by atoms with E-state index >= 15 is 0 Å². The number of carboxylic acids is 1. The zero-order valence-electron chi connectivity index (χ0n) is 11.0. The van der Waals surface area contributed by atoms with E-state index in [1.807, 2.05) is 22.6 Å². The van der Waals surface area contributed by atoms with Crippen molar-refractivity contribution in [1.29, 1.82) is 5.26 Å². The van der Waals surface area contributed by atoms with Gasteiger partial charge in [0.1, 0.15) is 5.75 Å². The number of phenolic OH excluding ortho intramolecular Hbond substituents is 1. The van der Waals surface area contributed by atoms with Gasteiger partial charge in [0.05, 0.1) is 25.2 Å². The minimum atomic E-state index is -1.01. The monoisotopic (exact) mass is 469 g/mol. The molecule has 0 heterocycles. The van der Waals surface area contributed by atoms with Crippen LogP contribution in [0.25, 0.3) is 11.6 Å². The van der Waals surface area contributed by atoms with Crippen LogP contribution in [0.5, 0.6) is 5.75 Å². The van der Waals surface area contributed by atoms with E-state index in [0.29, 0.717) is 19.2 Å². The van der Waals surface area contributed by atoms with Crippen molar-refractivity contribution in [3.8, 4) is 11.8 Å². The summed E-state index contributed by atoms with van der Waals surface area (Å²) in [7, 11) is 0. The molecule has 0 saturated heterocycles. The fourth-order valence-electron chi connectivity index (χ4n) is 1.81. The maximum atomic E-state index is 10.8. The van der Waals surface area contributed by atoms with Crippen LogP contribution in [0.15, 0.2) is 40.9 Å². The highest BCUT2D eigenvalue weighted by Gasteiger charge is 2.08. The van der Waals surface area contributed by atoms with E-state index in [1.54, 1.807) is 30.3 Å². The Bertz CT molecular complexity index is 784. The Morgan fingerprint density at radius 1 is 1.23 bits per heavy atom. The number of hydrogen-bond acceptors (Lipinski definition) is 3. The first-order chi connectivity index (χ1) is 10.4. The Morgan fingerprint density at radius 2 is 1.82 bits per heavy atom. The number of nitriles is 1. The van der Waals surface area contributed by atoms with Gasteiger partial charge < -0.3 is 10.2 Å². The van der Waals surface area contributed by atoms with Gasteiger partial charge in [0.15, 0.2) is 0 Å². The Labute approximate surface area is 149 Å². The Balaban J connectivity index is 2.44. The molecule has 0 fully saturated rings. The van der Waals surface area contributed by atoms with Crippen molar-refractivity contribution in [2.24, 2.45) is 0 Å². The molecule has 0 spiro atoms. The lowest BCUT2D eigenvalue weighted by Gasteiger charge is -2.04. The second-order valence-corrected chi connectivity index (χ2v) is 6.40. The third-order valence-electron chi connectivity index (χ3n) is 2.91. The molecule has 2 rings (SSSR count). The SMILES string of the molecule is N#C/C(=C/c1cc(Br)c(O)c(I)c1)c1ccc(C(=O)O)cc1. The van der Waals surface area contributed by atoms with Gasteiger partial charge in [0, 0.05) is 0 Å². The molecule has 0 unspecified atom stereocenters. The highest BCUT2D eigenvalue weighted by molar-refractivity contribution is 14.1. The average molecular weight is 470 g/mol. The normalized spacial score (nSPS) is 11.0. The molecule has 6 heteroatoms. The van der Waals surface area contributed by atoms with E-state index in [2.05, 4.69) is 22.0 Å². The van der Waals surface area contributed by atoms with E-state index in [4.69, 9.17) is 5.11 Å². The van der Waals surface area contributed by atoms with Gasteiger partial charge >= 0.3 is 5.97 Å². The van der Waals surface area contributed by atoms with Crippen LogP contribution in [0.1, 0.15) is 21.5 Å². The van der Waals surface area contributed by atoms with Gasteiger partial charge in [-0.05, 0) is 80.0 Å². The van der Waals surface area contributed by atoms with Crippen molar-refractivity contribution in [1.82, 2.24) is 0 Å². The third kappa shape index (κ3) is 3.67. The first-order valence-corrected chi connectivity index (χ1v) is 7.93. The number of carbonyl (C=O) groups is 1. The van der Waals surface area contributed by atoms with Crippen LogP contribution in [-0.2, 0) is 0 Å².